The van der Waals surface area contributed by atoms with E-state index in [2.05, 4.69) is 0 Å². The third-order valence-corrected chi connectivity index (χ3v) is 5.65. The van der Waals surface area contributed by atoms with Crippen LogP contribution in [0, 0.1) is 11.8 Å². The molecule has 0 radical (unpaired) electrons. The summed E-state index contributed by atoms with van der Waals surface area (Å²) in [5.74, 6) is 1.60. The minimum Gasteiger partial charge on any atom is -0.493 e. The summed E-state index contributed by atoms with van der Waals surface area (Å²) in [6, 6.07) is 3.31. The molecule has 0 atom stereocenters. The summed E-state index contributed by atoms with van der Waals surface area (Å²) in [4.78, 5) is 29.0. The van der Waals surface area contributed by atoms with Crippen molar-refractivity contribution in [1.29, 1.82) is 0 Å². The average molecular weight is 409 g/mol. The number of rotatable bonds is 6. The molecule has 6 nitrogen and oxygen atoms in total. The number of amides is 2. The molecule has 1 saturated heterocycles. The largest absolute Gasteiger partial charge is 0.493 e. The molecule has 0 unspecified atom stereocenters. The second-order valence-electron chi connectivity index (χ2n) is 7.94. The topological polar surface area (TPSA) is 59.1 Å². The van der Waals surface area contributed by atoms with Crippen LogP contribution in [0.3, 0.4) is 0 Å². The first kappa shape index (κ1) is 20.8. The lowest BCUT2D eigenvalue weighted by molar-refractivity contribution is -0.139. The molecular weight excluding hydrogens is 380 g/mol. The van der Waals surface area contributed by atoms with Crippen LogP contribution in [0.5, 0.6) is 11.5 Å². The van der Waals surface area contributed by atoms with Crippen LogP contribution in [0.25, 0.3) is 0 Å². The Bertz CT molecular complexity index is 725. The summed E-state index contributed by atoms with van der Waals surface area (Å²) >= 11 is 6.37. The van der Waals surface area contributed by atoms with Gasteiger partial charge in [0.15, 0.2) is 11.5 Å². The monoisotopic (exact) mass is 408 g/mol. The summed E-state index contributed by atoms with van der Waals surface area (Å²) in [5, 5.41) is 0.363. The minimum atomic E-state index is -0.105. The van der Waals surface area contributed by atoms with Gasteiger partial charge in [-0.25, -0.2) is 0 Å². The third kappa shape index (κ3) is 4.54. The van der Waals surface area contributed by atoms with Gasteiger partial charge in [0.25, 0.3) is 5.91 Å². The molecule has 1 aliphatic carbocycles. The first-order chi connectivity index (χ1) is 13.4. The normalized spacial score (nSPS) is 17.5. The maximum absolute atomic E-state index is 12.9. The second kappa shape index (κ2) is 9.03. The SMILES string of the molecule is COc1cc(C(=O)N2CCN(C(=O)C3CCC3)CC2)cc(Cl)c1OCC(C)C. The number of carbonyl (C=O) groups excluding carboxylic acids is 2. The predicted octanol–water partition coefficient (Wildman–Crippen LogP) is 3.47. The number of methoxy groups -OCH3 is 1. The number of ether oxygens (including phenoxy) is 2. The lowest BCUT2D eigenvalue weighted by atomic mass is 9.84. The Labute approximate surface area is 171 Å². The van der Waals surface area contributed by atoms with E-state index in [1.165, 1.54) is 7.11 Å². The summed E-state index contributed by atoms with van der Waals surface area (Å²) < 4.78 is 11.2. The smallest absolute Gasteiger partial charge is 0.254 e. The van der Waals surface area contributed by atoms with Crippen molar-refractivity contribution in [2.75, 3.05) is 39.9 Å². The lowest BCUT2D eigenvalue weighted by Crippen LogP contribution is -2.52. The van der Waals surface area contributed by atoms with Crippen LogP contribution in [0.4, 0.5) is 0 Å². The van der Waals surface area contributed by atoms with Gasteiger partial charge in [0.1, 0.15) is 0 Å². The zero-order valence-electron chi connectivity index (χ0n) is 16.9. The van der Waals surface area contributed by atoms with Gasteiger partial charge in [-0.15, -0.1) is 0 Å². The first-order valence-corrected chi connectivity index (χ1v) is 10.4. The van der Waals surface area contributed by atoms with Crippen LogP contribution >= 0.6 is 11.6 Å². The Morgan fingerprint density at radius 3 is 2.32 bits per heavy atom. The van der Waals surface area contributed by atoms with E-state index < -0.39 is 0 Å². The molecule has 1 aromatic carbocycles. The molecule has 2 amide bonds. The highest BCUT2D eigenvalue weighted by Crippen LogP contribution is 2.37. The molecule has 2 aliphatic rings. The van der Waals surface area contributed by atoms with Crippen LogP contribution in [-0.4, -0.2) is 61.5 Å². The quantitative estimate of drug-likeness (QED) is 0.723. The highest BCUT2D eigenvalue weighted by atomic mass is 35.5. The van der Waals surface area contributed by atoms with Crippen molar-refractivity contribution < 1.29 is 19.1 Å². The number of hydrogen-bond donors (Lipinski definition) is 0. The number of carbonyl (C=O) groups is 2. The van der Waals surface area contributed by atoms with E-state index in [1.807, 2.05) is 18.7 Å². The van der Waals surface area contributed by atoms with Crippen LogP contribution < -0.4 is 9.47 Å². The Morgan fingerprint density at radius 1 is 1.14 bits per heavy atom. The Balaban J connectivity index is 1.65. The summed E-state index contributed by atoms with van der Waals surface area (Å²) in [7, 11) is 1.53. The molecule has 0 aromatic heterocycles. The van der Waals surface area contributed by atoms with Gasteiger partial charge in [-0.05, 0) is 30.9 Å². The van der Waals surface area contributed by atoms with Crippen molar-refractivity contribution in [2.24, 2.45) is 11.8 Å². The van der Waals surface area contributed by atoms with Crippen molar-refractivity contribution in [3.63, 3.8) is 0 Å². The molecule has 7 heteroatoms. The highest BCUT2D eigenvalue weighted by Gasteiger charge is 2.32. The van der Waals surface area contributed by atoms with Gasteiger partial charge in [-0.1, -0.05) is 31.9 Å². The van der Waals surface area contributed by atoms with Gasteiger partial charge in [0.05, 0.1) is 18.7 Å². The van der Waals surface area contributed by atoms with Crippen LogP contribution in [0.2, 0.25) is 5.02 Å². The van der Waals surface area contributed by atoms with Gasteiger partial charge in [-0.2, -0.15) is 0 Å². The fraction of sp³-hybridized carbons (Fsp3) is 0.619. The van der Waals surface area contributed by atoms with Crippen LogP contribution in [0.1, 0.15) is 43.5 Å². The number of nitrogens with zero attached hydrogens (tertiary/aromatic N) is 2. The van der Waals surface area contributed by atoms with Gasteiger partial charge < -0.3 is 19.3 Å². The lowest BCUT2D eigenvalue weighted by Gasteiger charge is -2.38. The van der Waals surface area contributed by atoms with E-state index in [4.69, 9.17) is 21.1 Å². The van der Waals surface area contributed by atoms with Crippen LogP contribution in [0.15, 0.2) is 12.1 Å². The van der Waals surface area contributed by atoms with E-state index >= 15 is 0 Å². The summed E-state index contributed by atoms with van der Waals surface area (Å²) in [6.45, 7) is 6.84. The molecule has 154 valence electrons. The van der Waals surface area contributed by atoms with E-state index in [9.17, 15) is 9.59 Å². The van der Waals surface area contributed by atoms with Gasteiger partial charge in [-0.3, -0.25) is 9.59 Å². The molecule has 1 heterocycles. The molecule has 0 N–H and O–H groups in total. The van der Waals surface area contributed by atoms with E-state index in [0.717, 1.165) is 19.3 Å². The Morgan fingerprint density at radius 2 is 1.79 bits per heavy atom. The van der Waals surface area contributed by atoms with Gasteiger partial charge in [0.2, 0.25) is 5.91 Å². The van der Waals surface area contributed by atoms with E-state index in [1.54, 1.807) is 17.0 Å². The third-order valence-electron chi connectivity index (χ3n) is 5.37. The number of halogens is 1. The maximum atomic E-state index is 12.9. The zero-order valence-corrected chi connectivity index (χ0v) is 17.6. The molecule has 1 aliphatic heterocycles. The second-order valence-corrected chi connectivity index (χ2v) is 8.35. The molecule has 2 fully saturated rings. The Kier molecular flexibility index (Phi) is 6.70. The van der Waals surface area contributed by atoms with Crippen LogP contribution in [-0.2, 0) is 4.79 Å². The number of hydrogen-bond acceptors (Lipinski definition) is 4. The average Bonchev–Trinajstić information content (AvgIpc) is 2.64. The molecule has 3 rings (SSSR count). The highest BCUT2D eigenvalue weighted by molar-refractivity contribution is 6.32. The minimum absolute atomic E-state index is 0.105. The van der Waals surface area contributed by atoms with Crippen molar-refractivity contribution >= 4 is 23.4 Å². The maximum Gasteiger partial charge on any atom is 0.254 e. The standard InChI is InChI=1S/C21H29ClN2O4/c1-14(2)13-28-19-17(22)11-16(12-18(19)27-3)21(26)24-9-7-23(8-10-24)20(25)15-5-4-6-15/h11-12,14-15H,4-10,13H2,1-3H3. The molecule has 28 heavy (non-hydrogen) atoms. The molecule has 1 saturated carbocycles. The number of piperazine rings is 1. The fourth-order valence-corrected chi connectivity index (χ4v) is 3.72. The molecular formula is C21H29ClN2O4. The van der Waals surface area contributed by atoms with Crippen molar-refractivity contribution in [3.05, 3.63) is 22.7 Å². The van der Waals surface area contributed by atoms with E-state index in [-0.39, 0.29) is 17.7 Å². The fourth-order valence-electron chi connectivity index (χ4n) is 3.46. The molecule has 0 spiro atoms. The van der Waals surface area contributed by atoms with Crippen molar-refractivity contribution in [2.45, 2.75) is 33.1 Å². The van der Waals surface area contributed by atoms with Crippen molar-refractivity contribution in [3.8, 4) is 11.5 Å². The summed E-state index contributed by atoms with van der Waals surface area (Å²) in [5.41, 5.74) is 0.470. The molecule has 0 bridgehead atoms. The Hall–Kier alpha value is -1.95. The first-order valence-electron chi connectivity index (χ1n) is 9.99. The zero-order chi connectivity index (χ0) is 20.3. The molecule has 1 aromatic rings. The van der Waals surface area contributed by atoms with Gasteiger partial charge >= 0.3 is 0 Å². The number of benzene rings is 1. The van der Waals surface area contributed by atoms with Crippen molar-refractivity contribution in [1.82, 2.24) is 9.80 Å². The van der Waals surface area contributed by atoms with E-state index in [0.29, 0.717) is 60.8 Å². The van der Waals surface area contributed by atoms with Gasteiger partial charge in [0, 0.05) is 37.7 Å². The summed E-state index contributed by atoms with van der Waals surface area (Å²) in [6.07, 6.45) is 3.15. The predicted molar refractivity (Wildman–Crippen MR) is 108 cm³/mol.